The molecule has 29 heavy (non-hydrogen) atoms. The number of hydrogen-bond acceptors (Lipinski definition) is 3. The lowest BCUT2D eigenvalue weighted by Gasteiger charge is -2.30. The van der Waals surface area contributed by atoms with Crippen LogP contribution in [0.5, 0.6) is 5.75 Å². The molecule has 0 heterocycles. The Kier molecular flexibility index (Phi) is 8.80. The zero-order valence-electron chi connectivity index (χ0n) is 16.9. The van der Waals surface area contributed by atoms with E-state index in [0.29, 0.717) is 27.8 Å². The van der Waals surface area contributed by atoms with Crippen molar-refractivity contribution in [2.75, 3.05) is 13.7 Å². The summed E-state index contributed by atoms with van der Waals surface area (Å²) in [7, 11) is 1.55. The van der Waals surface area contributed by atoms with Gasteiger partial charge in [-0.25, -0.2) is 0 Å². The van der Waals surface area contributed by atoms with Crippen molar-refractivity contribution in [3.8, 4) is 5.75 Å². The van der Waals surface area contributed by atoms with Crippen molar-refractivity contribution in [3.63, 3.8) is 0 Å². The third-order valence-electron chi connectivity index (χ3n) is 4.68. The molecule has 0 aliphatic carbocycles. The largest absolute Gasteiger partial charge is 0.484 e. The van der Waals surface area contributed by atoms with Crippen LogP contribution in [0.25, 0.3) is 0 Å². The molecule has 1 atom stereocenters. The monoisotopic (exact) mass is 436 g/mol. The SMILES string of the molecule is CCc1ccc(OCC(=O)N(Cc2ccc(Cl)cc2Cl)[C@H](CC)C(=O)NC)cc1. The van der Waals surface area contributed by atoms with Crippen LogP contribution in [0, 0.1) is 0 Å². The van der Waals surface area contributed by atoms with Crippen LogP contribution in [0.15, 0.2) is 42.5 Å². The number of hydrogen-bond donors (Lipinski definition) is 1. The Balaban J connectivity index is 2.20. The number of nitrogens with one attached hydrogen (secondary N) is 1. The number of benzene rings is 2. The Hall–Kier alpha value is -2.24. The fraction of sp³-hybridized carbons (Fsp3) is 0.364. The highest BCUT2D eigenvalue weighted by Crippen LogP contribution is 2.24. The first-order valence-corrected chi connectivity index (χ1v) is 10.3. The molecule has 2 aromatic carbocycles. The fourth-order valence-electron chi connectivity index (χ4n) is 2.97. The van der Waals surface area contributed by atoms with Gasteiger partial charge in [0.1, 0.15) is 11.8 Å². The molecule has 0 saturated heterocycles. The average Bonchev–Trinajstić information content (AvgIpc) is 2.73. The number of aryl methyl sites for hydroxylation is 1. The summed E-state index contributed by atoms with van der Waals surface area (Å²) in [4.78, 5) is 26.9. The van der Waals surface area contributed by atoms with E-state index >= 15 is 0 Å². The molecule has 5 nitrogen and oxygen atoms in total. The Morgan fingerprint density at radius 2 is 1.79 bits per heavy atom. The van der Waals surface area contributed by atoms with Crippen LogP contribution < -0.4 is 10.1 Å². The molecule has 7 heteroatoms. The molecule has 0 aromatic heterocycles. The maximum absolute atomic E-state index is 13.0. The second kappa shape index (κ2) is 11.1. The summed E-state index contributed by atoms with van der Waals surface area (Å²) in [6.45, 7) is 3.93. The third kappa shape index (κ3) is 6.38. The molecule has 0 bridgehead atoms. The highest BCUT2D eigenvalue weighted by atomic mass is 35.5. The molecule has 156 valence electrons. The van der Waals surface area contributed by atoms with Crippen LogP contribution in [-0.4, -0.2) is 36.4 Å². The van der Waals surface area contributed by atoms with Crippen molar-refractivity contribution in [3.05, 3.63) is 63.6 Å². The lowest BCUT2D eigenvalue weighted by atomic mass is 10.1. The Morgan fingerprint density at radius 3 is 2.34 bits per heavy atom. The predicted molar refractivity (Wildman–Crippen MR) is 116 cm³/mol. The zero-order chi connectivity index (χ0) is 21.4. The van der Waals surface area contributed by atoms with Gasteiger partial charge in [0.05, 0.1) is 0 Å². The zero-order valence-corrected chi connectivity index (χ0v) is 18.4. The summed E-state index contributed by atoms with van der Waals surface area (Å²) >= 11 is 12.3. The highest BCUT2D eigenvalue weighted by molar-refractivity contribution is 6.35. The van der Waals surface area contributed by atoms with Gasteiger partial charge in [-0.05, 0) is 48.2 Å². The lowest BCUT2D eigenvalue weighted by Crippen LogP contribution is -2.49. The van der Waals surface area contributed by atoms with Crippen molar-refractivity contribution < 1.29 is 14.3 Å². The first-order valence-electron chi connectivity index (χ1n) is 9.56. The maximum atomic E-state index is 13.0. The van der Waals surface area contributed by atoms with Gasteiger partial charge >= 0.3 is 0 Å². The average molecular weight is 437 g/mol. The summed E-state index contributed by atoms with van der Waals surface area (Å²) in [6, 6.07) is 12.0. The van der Waals surface area contributed by atoms with E-state index in [1.165, 1.54) is 10.5 Å². The quantitative estimate of drug-likeness (QED) is 0.629. The van der Waals surface area contributed by atoms with Gasteiger partial charge in [-0.1, -0.05) is 55.2 Å². The van der Waals surface area contributed by atoms with Crippen LogP contribution in [-0.2, 0) is 22.6 Å². The summed E-state index contributed by atoms with van der Waals surface area (Å²) < 4.78 is 5.67. The molecule has 0 spiro atoms. The molecule has 1 N–H and O–H groups in total. The van der Waals surface area contributed by atoms with Gasteiger partial charge in [0.2, 0.25) is 5.91 Å². The van der Waals surface area contributed by atoms with Crippen molar-refractivity contribution in [1.82, 2.24) is 10.2 Å². The van der Waals surface area contributed by atoms with Gasteiger partial charge in [-0.3, -0.25) is 9.59 Å². The van der Waals surface area contributed by atoms with Crippen LogP contribution >= 0.6 is 23.2 Å². The standard InChI is InChI=1S/C22H26Cl2N2O3/c1-4-15-6-10-18(11-7-15)29-14-21(27)26(20(5-2)22(28)25-3)13-16-8-9-17(23)12-19(16)24/h6-12,20H,4-5,13-14H2,1-3H3,(H,25,28)/t20-/m1/s1. The second-order valence-corrected chi connectivity index (χ2v) is 7.43. The molecule has 0 aliphatic rings. The first kappa shape index (κ1) is 23.0. The summed E-state index contributed by atoms with van der Waals surface area (Å²) in [5.74, 6) is 0.0669. The molecular formula is C22H26Cl2N2O3. The van der Waals surface area contributed by atoms with E-state index < -0.39 is 6.04 Å². The number of likely N-dealkylation sites (N-methyl/N-ethyl adjacent to an activating group) is 1. The van der Waals surface area contributed by atoms with E-state index in [9.17, 15) is 9.59 Å². The predicted octanol–water partition coefficient (Wildman–Crippen LogP) is 4.49. The van der Waals surface area contributed by atoms with E-state index in [2.05, 4.69) is 12.2 Å². The minimum atomic E-state index is -0.634. The van der Waals surface area contributed by atoms with E-state index in [1.807, 2.05) is 31.2 Å². The molecule has 0 fully saturated rings. The minimum absolute atomic E-state index is 0.176. The lowest BCUT2D eigenvalue weighted by molar-refractivity contribution is -0.142. The van der Waals surface area contributed by atoms with Crippen molar-refractivity contribution in [2.45, 2.75) is 39.3 Å². The van der Waals surface area contributed by atoms with Crippen LogP contribution in [0.4, 0.5) is 0 Å². The highest BCUT2D eigenvalue weighted by Gasteiger charge is 2.28. The third-order valence-corrected chi connectivity index (χ3v) is 5.27. The van der Waals surface area contributed by atoms with Crippen LogP contribution in [0.3, 0.4) is 0 Å². The Labute approximate surface area is 181 Å². The molecule has 0 saturated carbocycles. The number of nitrogens with zero attached hydrogens (tertiary/aromatic N) is 1. The van der Waals surface area contributed by atoms with E-state index in [-0.39, 0.29) is 25.0 Å². The van der Waals surface area contributed by atoms with E-state index in [1.54, 1.807) is 25.2 Å². The summed E-state index contributed by atoms with van der Waals surface area (Å²) in [6.07, 6.45) is 1.39. The van der Waals surface area contributed by atoms with E-state index in [0.717, 1.165) is 6.42 Å². The number of rotatable bonds is 9. The molecule has 0 aliphatic heterocycles. The first-order chi connectivity index (χ1) is 13.9. The fourth-order valence-corrected chi connectivity index (χ4v) is 3.44. The normalized spacial score (nSPS) is 11.6. The van der Waals surface area contributed by atoms with Gasteiger partial charge in [-0.2, -0.15) is 0 Å². The number of amides is 2. The smallest absolute Gasteiger partial charge is 0.261 e. The van der Waals surface area contributed by atoms with Gasteiger partial charge < -0.3 is 15.0 Å². The van der Waals surface area contributed by atoms with Crippen LogP contribution in [0.1, 0.15) is 31.4 Å². The van der Waals surface area contributed by atoms with Gasteiger partial charge in [0, 0.05) is 23.6 Å². The van der Waals surface area contributed by atoms with Gasteiger partial charge in [0.25, 0.3) is 5.91 Å². The topological polar surface area (TPSA) is 58.6 Å². The molecule has 0 unspecified atom stereocenters. The van der Waals surface area contributed by atoms with E-state index in [4.69, 9.17) is 27.9 Å². The Bertz CT molecular complexity index is 840. The molecule has 2 rings (SSSR count). The number of halogens is 2. The van der Waals surface area contributed by atoms with Crippen molar-refractivity contribution in [2.24, 2.45) is 0 Å². The minimum Gasteiger partial charge on any atom is -0.484 e. The van der Waals surface area contributed by atoms with Gasteiger partial charge in [-0.15, -0.1) is 0 Å². The number of carbonyl (C=O) groups is 2. The van der Waals surface area contributed by atoms with Crippen molar-refractivity contribution in [1.29, 1.82) is 0 Å². The van der Waals surface area contributed by atoms with Crippen LogP contribution in [0.2, 0.25) is 10.0 Å². The molecule has 0 radical (unpaired) electrons. The molecule has 2 aromatic rings. The second-order valence-electron chi connectivity index (χ2n) is 6.58. The summed E-state index contributed by atoms with van der Waals surface area (Å²) in [5, 5.41) is 3.57. The van der Waals surface area contributed by atoms with Gasteiger partial charge in [0.15, 0.2) is 6.61 Å². The molecule has 2 amide bonds. The Morgan fingerprint density at radius 1 is 1.10 bits per heavy atom. The number of ether oxygens (including phenoxy) is 1. The maximum Gasteiger partial charge on any atom is 0.261 e. The summed E-state index contributed by atoms with van der Waals surface area (Å²) in [5.41, 5.74) is 1.90. The number of carbonyl (C=O) groups excluding carboxylic acids is 2. The molecular weight excluding hydrogens is 411 g/mol. The van der Waals surface area contributed by atoms with Crippen molar-refractivity contribution >= 4 is 35.0 Å².